The van der Waals surface area contributed by atoms with Crippen molar-refractivity contribution in [2.45, 2.75) is 32.2 Å². The number of hydrogen-bond donors (Lipinski definition) is 1. The molecular formula is C16H21IN2O. The molecule has 2 saturated heterocycles. The van der Waals surface area contributed by atoms with Crippen LogP contribution in [0.15, 0.2) is 24.3 Å². The molecule has 0 radical (unpaired) electrons. The van der Waals surface area contributed by atoms with Gasteiger partial charge in [-0.15, -0.1) is 0 Å². The first-order valence-corrected chi connectivity index (χ1v) is 8.53. The van der Waals surface area contributed by atoms with Gasteiger partial charge in [0.15, 0.2) is 0 Å². The number of rotatable bonds is 2. The maximum atomic E-state index is 12.9. The van der Waals surface area contributed by atoms with E-state index in [0.717, 1.165) is 51.9 Å². The van der Waals surface area contributed by atoms with Crippen molar-refractivity contribution in [2.75, 3.05) is 19.6 Å². The van der Waals surface area contributed by atoms with Crippen molar-refractivity contribution in [3.63, 3.8) is 0 Å². The van der Waals surface area contributed by atoms with Gasteiger partial charge in [0.05, 0.1) is 5.41 Å². The second kappa shape index (κ2) is 6.02. The van der Waals surface area contributed by atoms with Crippen LogP contribution in [0, 0.1) is 8.99 Å². The molecule has 20 heavy (non-hydrogen) atoms. The van der Waals surface area contributed by atoms with Crippen molar-refractivity contribution in [2.24, 2.45) is 5.41 Å². The normalized spacial score (nSPS) is 27.1. The number of carbonyl (C=O) groups excluding carboxylic acids is 1. The summed E-state index contributed by atoms with van der Waals surface area (Å²) >= 11 is 2.36. The Morgan fingerprint density at radius 1 is 1.25 bits per heavy atom. The SMILES string of the molecule is O=C1N(Cc2ccccc2I)CCCC12CCCNC2. The van der Waals surface area contributed by atoms with Gasteiger partial charge < -0.3 is 10.2 Å². The maximum absolute atomic E-state index is 12.9. The smallest absolute Gasteiger partial charge is 0.230 e. The lowest BCUT2D eigenvalue weighted by Crippen LogP contribution is -2.54. The van der Waals surface area contributed by atoms with Crippen LogP contribution in [0.3, 0.4) is 0 Å². The van der Waals surface area contributed by atoms with Gasteiger partial charge >= 0.3 is 0 Å². The Hall–Kier alpha value is -0.620. The van der Waals surface area contributed by atoms with E-state index in [1.165, 1.54) is 9.13 Å². The summed E-state index contributed by atoms with van der Waals surface area (Å²) in [7, 11) is 0. The Balaban J connectivity index is 1.77. The first kappa shape index (κ1) is 14.3. The van der Waals surface area contributed by atoms with Gasteiger partial charge in [0, 0.05) is 23.2 Å². The molecule has 0 aliphatic carbocycles. The molecule has 3 nitrogen and oxygen atoms in total. The fourth-order valence-electron chi connectivity index (χ4n) is 3.50. The summed E-state index contributed by atoms with van der Waals surface area (Å²) in [5.41, 5.74) is 1.15. The fraction of sp³-hybridized carbons (Fsp3) is 0.562. The molecule has 0 saturated carbocycles. The lowest BCUT2D eigenvalue weighted by molar-refractivity contribution is -0.148. The van der Waals surface area contributed by atoms with E-state index in [4.69, 9.17) is 0 Å². The Morgan fingerprint density at radius 3 is 2.80 bits per heavy atom. The Labute approximate surface area is 134 Å². The summed E-state index contributed by atoms with van der Waals surface area (Å²) in [4.78, 5) is 15.0. The minimum absolute atomic E-state index is 0.114. The van der Waals surface area contributed by atoms with Crippen molar-refractivity contribution >= 4 is 28.5 Å². The number of amides is 1. The van der Waals surface area contributed by atoms with E-state index in [1.54, 1.807) is 0 Å². The number of nitrogens with one attached hydrogen (secondary N) is 1. The van der Waals surface area contributed by atoms with E-state index in [1.807, 2.05) is 0 Å². The van der Waals surface area contributed by atoms with E-state index in [2.05, 4.69) is 57.1 Å². The Kier molecular flexibility index (Phi) is 4.31. The number of piperidine rings is 2. The highest BCUT2D eigenvalue weighted by Crippen LogP contribution is 2.37. The minimum atomic E-state index is -0.114. The zero-order chi connectivity index (χ0) is 14.0. The highest BCUT2D eigenvalue weighted by atomic mass is 127. The molecule has 4 heteroatoms. The molecule has 2 fully saturated rings. The topological polar surface area (TPSA) is 32.3 Å². The number of nitrogens with zero attached hydrogens (tertiary/aromatic N) is 1. The number of likely N-dealkylation sites (tertiary alicyclic amines) is 1. The van der Waals surface area contributed by atoms with Crippen molar-refractivity contribution in [3.05, 3.63) is 33.4 Å². The summed E-state index contributed by atoms with van der Waals surface area (Å²) in [5, 5.41) is 3.42. The average Bonchev–Trinajstić information content (AvgIpc) is 2.47. The molecule has 1 amide bonds. The molecule has 1 N–H and O–H groups in total. The molecule has 1 spiro atoms. The molecule has 2 aliphatic heterocycles. The molecule has 2 aliphatic rings. The van der Waals surface area contributed by atoms with Gasteiger partial charge in [-0.1, -0.05) is 18.2 Å². The van der Waals surface area contributed by atoms with Crippen molar-refractivity contribution in [3.8, 4) is 0 Å². The summed E-state index contributed by atoms with van der Waals surface area (Å²) in [5.74, 6) is 0.371. The van der Waals surface area contributed by atoms with Gasteiger partial charge in [0.1, 0.15) is 0 Å². The van der Waals surface area contributed by atoms with Crippen LogP contribution in [-0.4, -0.2) is 30.4 Å². The molecular weight excluding hydrogens is 363 g/mol. The van der Waals surface area contributed by atoms with Crippen LogP contribution in [0.25, 0.3) is 0 Å². The van der Waals surface area contributed by atoms with Crippen LogP contribution in [0.2, 0.25) is 0 Å². The molecule has 1 aromatic rings. The number of hydrogen-bond acceptors (Lipinski definition) is 2. The van der Waals surface area contributed by atoms with Crippen molar-refractivity contribution < 1.29 is 4.79 Å². The van der Waals surface area contributed by atoms with Crippen LogP contribution in [0.5, 0.6) is 0 Å². The zero-order valence-electron chi connectivity index (χ0n) is 11.7. The van der Waals surface area contributed by atoms with Gasteiger partial charge in [-0.25, -0.2) is 0 Å². The van der Waals surface area contributed by atoms with Crippen LogP contribution in [0.1, 0.15) is 31.2 Å². The quantitative estimate of drug-likeness (QED) is 0.796. The van der Waals surface area contributed by atoms with Gasteiger partial charge in [-0.3, -0.25) is 4.79 Å². The second-order valence-electron chi connectivity index (χ2n) is 5.98. The van der Waals surface area contributed by atoms with E-state index >= 15 is 0 Å². The van der Waals surface area contributed by atoms with Gasteiger partial charge in [-0.2, -0.15) is 0 Å². The lowest BCUT2D eigenvalue weighted by Gasteiger charge is -2.44. The zero-order valence-corrected chi connectivity index (χ0v) is 13.9. The third-order valence-electron chi connectivity index (χ3n) is 4.62. The van der Waals surface area contributed by atoms with Crippen molar-refractivity contribution in [1.82, 2.24) is 10.2 Å². The predicted octanol–water partition coefficient (Wildman–Crippen LogP) is 2.78. The lowest BCUT2D eigenvalue weighted by atomic mass is 9.73. The summed E-state index contributed by atoms with van der Waals surface area (Å²) in [6.07, 6.45) is 4.38. The maximum Gasteiger partial charge on any atom is 0.230 e. The van der Waals surface area contributed by atoms with Crippen molar-refractivity contribution in [1.29, 1.82) is 0 Å². The fourth-order valence-corrected chi connectivity index (χ4v) is 4.06. The highest BCUT2D eigenvalue weighted by molar-refractivity contribution is 14.1. The Morgan fingerprint density at radius 2 is 2.05 bits per heavy atom. The minimum Gasteiger partial charge on any atom is -0.338 e. The third kappa shape index (κ3) is 2.72. The Bertz CT molecular complexity index is 491. The van der Waals surface area contributed by atoms with Crippen LogP contribution < -0.4 is 5.32 Å². The standard InChI is InChI=1S/C16H21IN2O/c17-14-6-2-1-5-13(14)11-19-10-4-8-16(15(19)20)7-3-9-18-12-16/h1-2,5-6,18H,3-4,7-12H2. The summed E-state index contributed by atoms with van der Waals surface area (Å²) in [6, 6.07) is 8.36. The second-order valence-corrected chi connectivity index (χ2v) is 7.14. The summed E-state index contributed by atoms with van der Waals surface area (Å²) < 4.78 is 1.25. The van der Waals surface area contributed by atoms with Crippen LogP contribution in [-0.2, 0) is 11.3 Å². The largest absolute Gasteiger partial charge is 0.338 e. The molecule has 2 heterocycles. The van der Waals surface area contributed by atoms with E-state index in [0.29, 0.717) is 5.91 Å². The van der Waals surface area contributed by atoms with E-state index in [-0.39, 0.29) is 5.41 Å². The highest BCUT2D eigenvalue weighted by Gasteiger charge is 2.44. The first-order chi connectivity index (χ1) is 9.71. The number of benzene rings is 1. The van der Waals surface area contributed by atoms with Gasteiger partial charge in [0.25, 0.3) is 0 Å². The van der Waals surface area contributed by atoms with Crippen LogP contribution >= 0.6 is 22.6 Å². The number of halogens is 1. The molecule has 1 unspecified atom stereocenters. The molecule has 108 valence electrons. The van der Waals surface area contributed by atoms with Gasteiger partial charge in [0.2, 0.25) is 5.91 Å². The molecule has 3 rings (SSSR count). The molecule has 1 aromatic carbocycles. The molecule has 0 bridgehead atoms. The monoisotopic (exact) mass is 384 g/mol. The first-order valence-electron chi connectivity index (χ1n) is 7.45. The van der Waals surface area contributed by atoms with Gasteiger partial charge in [-0.05, 0) is 66.4 Å². The third-order valence-corrected chi connectivity index (χ3v) is 5.67. The molecule has 0 aromatic heterocycles. The van der Waals surface area contributed by atoms with E-state index in [9.17, 15) is 4.79 Å². The average molecular weight is 384 g/mol. The van der Waals surface area contributed by atoms with Crippen LogP contribution in [0.4, 0.5) is 0 Å². The summed E-state index contributed by atoms with van der Waals surface area (Å²) in [6.45, 7) is 3.60. The number of carbonyl (C=O) groups is 1. The predicted molar refractivity (Wildman–Crippen MR) is 88.3 cm³/mol. The van der Waals surface area contributed by atoms with E-state index < -0.39 is 0 Å². The molecule has 1 atom stereocenters.